The first-order chi connectivity index (χ1) is 14.1. The standard InChI is InChI=1S/C23H20Cl2N2O2/c24-16-10-11-20-18(12-16)22(17-8-4-5-9-19(17)25)29-21(13-26)23(28)27(20)14-15-6-2-1-3-7-15/h1-12,21-22H,13-14,26H2/t21-,22-/m1/s1. The maximum Gasteiger partial charge on any atom is 0.257 e. The second-order valence-electron chi connectivity index (χ2n) is 6.88. The lowest BCUT2D eigenvalue weighted by Gasteiger charge is -2.25. The summed E-state index contributed by atoms with van der Waals surface area (Å²) in [6.07, 6.45) is -1.36. The highest BCUT2D eigenvalue weighted by Gasteiger charge is 2.36. The SMILES string of the molecule is NC[C@H]1O[C@H](c2ccccc2Cl)c2cc(Cl)ccc2N(Cc2ccccc2)C1=O. The Morgan fingerprint density at radius 1 is 0.931 bits per heavy atom. The van der Waals surface area contributed by atoms with Gasteiger partial charge in [0, 0.05) is 27.7 Å². The predicted octanol–water partition coefficient (Wildman–Crippen LogP) is 4.97. The summed E-state index contributed by atoms with van der Waals surface area (Å²) in [5, 5.41) is 1.12. The molecule has 3 aromatic rings. The highest BCUT2D eigenvalue weighted by molar-refractivity contribution is 6.31. The summed E-state index contributed by atoms with van der Waals surface area (Å²) in [6, 6.07) is 22.7. The number of benzene rings is 3. The smallest absolute Gasteiger partial charge is 0.257 e. The number of halogens is 2. The van der Waals surface area contributed by atoms with E-state index in [2.05, 4.69) is 0 Å². The summed E-state index contributed by atoms with van der Waals surface area (Å²) in [5.41, 5.74) is 9.23. The van der Waals surface area contributed by atoms with E-state index in [1.54, 1.807) is 17.0 Å². The third-order valence-corrected chi connectivity index (χ3v) is 5.57. The Balaban J connectivity index is 1.87. The number of amides is 1. The van der Waals surface area contributed by atoms with Crippen LogP contribution in [-0.4, -0.2) is 18.6 Å². The van der Waals surface area contributed by atoms with Gasteiger partial charge in [-0.25, -0.2) is 0 Å². The van der Waals surface area contributed by atoms with Crippen molar-refractivity contribution in [1.82, 2.24) is 0 Å². The van der Waals surface area contributed by atoms with E-state index >= 15 is 0 Å². The molecule has 0 bridgehead atoms. The van der Waals surface area contributed by atoms with E-state index < -0.39 is 12.2 Å². The molecular formula is C23H20Cl2N2O2. The fourth-order valence-corrected chi connectivity index (χ4v) is 4.00. The number of fused-ring (bicyclic) bond motifs is 1. The zero-order chi connectivity index (χ0) is 20.4. The Morgan fingerprint density at radius 2 is 1.66 bits per heavy atom. The minimum atomic E-state index is -0.800. The van der Waals surface area contributed by atoms with Crippen molar-refractivity contribution < 1.29 is 9.53 Å². The lowest BCUT2D eigenvalue weighted by atomic mass is 9.99. The van der Waals surface area contributed by atoms with Crippen molar-refractivity contribution in [2.45, 2.75) is 18.8 Å². The van der Waals surface area contributed by atoms with Gasteiger partial charge in [0.1, 0.15) is 12.2 Å². The fraction of sp³-hybridized carbons (Fsp3) is 0.174. The highest BCUT2D eigenvalue weighted by Crippen LogP contribution is 2.41. The monoisotopic (exact) mass is 426 g/mol. The molecule has 0 saturated heterocycles. The van der Waals surface area contributed by atoms with Crippen LogP contribution in [0.3, 0.4) is 0 Å². The molecule has 2 atom stereocenters. The van der Waals surface area contributed by atoms with Crippen LogP contribution in [0.5, 0.6) is 0 Å². The van der Waals surface area contributed by atoms with Crippen LogP contribution in [0.25, 0.3) is 0 Å². The predicted molar refractivity (Wildman–Crippen MR) is 116 cm³/mol. The first-order valence-electron chi connectivity index (χ1n) is 9.33. The van der Waals surface area contributed by atoms with Gasteiger partial charge >= 0.3 is 0 Å². The van der Waals surface area contributed by atoms with Crippen LogP contribution in [0.4, 0.5) is 5.69 Å². The summed E-state index contributed by atoms with van der Waals surface area (Å²) in [7, 11) is 0. The zero-order valence-corrected chi connectivity index (χ0v) is 17.1. The van der Waals surface area contributed by atoms with Crippen LogP contribution in [0.15, 0.2) is 72.8 Å². The molecule has 148 valence electrons. The average Bonchev–Trinajstić information content (AvgIpc) is 2.84. The lowest BCUT2D eigenvalue weighted by Crippen LogP contribution is -2.42. The maximum absolute atomic E-state index is 13.3. The maximum atomic E-state index is 13.3. The number of anilines is 1. The van der Waals surface area contributed by atoms with E-state index in [0.29, 0.717) is 16.6 Å². The van der Waals surface area contributed by atoms with Gasteiger partial charge in [-0.15, -0.1) is 0 Å². The molecule has 29 heavy (non-hydrogen) atoms. The number of carbonyl (C=O) groups excluding carboxylic acids is 1. The van der Waals surface area contributed by atoms with Crippen molar-refractivity contribution in [3.05, 3.63) is 99.5 Å². The Kier molecular flexibility index (Phi) is 5.88. The molecule has 0 radical (unpaired) electrons. The molecule has 3 aromatic carbocycles. The van der Waals surface area contributed by atoms with Crippen molar-refractivity contribution in [3.63, 3.8) is 0 Å². The second kappa shape index (κ2) is 8.56. The van der Waals surface area contributed by atoms with Gasteiger partial charge in [0.15, 0.2) is 0 Å². The third kappa shape index (κ3) is 4.02. The molecule has 1 heterocycles. The summed E-state index contributed by atoms with van der Waals surface area (Å²) in [6.45, 7) is 0.468. The summed E-state index contributed by atoms with van der Waals surface area (Å²) in [5.74, 6) is -0.186. The molecule has 1 aliphatic rings. The van der Waals surface area contributed by atoms with Crippen molar-refractivity contribution in [1.29, 1.82) is 0 Å². The summed E-state index contributed by atoms with van der Waals surface area (Å²) in [4.78, 5) is 15.1. The largest absolute Gasteiger partial charge is 0.354 e. The van der Waals surface area contributed by atoms with Crippen molar-refractivity contribution in [3.8, 4) is 0 Å². The minimum absolute atomic E-state index is 0.0623. The van der Waals surface area contributed by atoms with Crippen LogP contribution in [0.1, 0.15) is 22.8 Å². The van der Waals surface area contributed by atoms with Gasteiger partial charge in [-0.1, -0.05) is 71.7 Å². The van der Waals surface area contributed by atoms with E-state index in [-0.39, 0.29) is 12.5 Å². The van der Waals surface area contributed by atoms with Crippen LogP contribution in [0, 0.1) is 0 Å². The molecule has 0 aliphatic carbocycles. The molecule has 1 aliphatic heterocycles. The Labute approximate surface area is 179 Å². The molecule has 0 unspecified atom stereocenters. The second-order valence-corrected chi connectivity index (χ2v) is 7.72. The fourth-order valence-electron chi connectivity index (χ4n) is 3.58. The van der Waals surface area contributed by atoms with Crippen molar-refractivity contribution in [2.24, 2.45) is 5.73 Å². The molecule has 6 heteroatoms. The number of carbonyl (C=O) groups is 1. The molecule has 0 spiro atoms. The van der Waals surface area contributed by atoms with Gasteiger partial charge in [-0.05, 0) is 29.8 Å². The molecule has 0 saturated carbocycles. The van der Waals surface area contributed by atoms with Crippen LogP contribution in [-0.2, 0) is 16.1 Å². The van der Waals surface area contributed by atoms with E-state index in [0.717, 1.165) is 22.4 Å². The number of ether oxygens (including phenoxy) is 1. The molecular weight excluding hydrogens is 407 g/mol. The molecule has 2 N–H and O–H groups in total. The van der Waals surface area contributed by atoms with Crippen LogP contribution in [0.2, 0.25) is 10.0 Å². The average molecular weight is 427 g/mol. The van der Waals surface area contributed by atoms with E-state index in [1.165, 1.54) is 0 Å². The van der Waals surface area contributed by atoms with E-state index in [1.807, 2.05) is 60.7 Å². The van der Waals surface area contributed by atoms with E-state index in [4.69, 9.17) is 33.7 Å². The normalized spacial score (nSPS) is 19.0. The third-order valence-electron chi connectivity index (χ3n) is 4.99. The topological polar surface area (TPSA) is 55.6 Å². The molecule has 4 nitrogen and oxygen atoms in total. The molecule has 0 aromatic heterocycles. The van der Waals surface area contributed by atoms with Gasteiger partial charge in [0.05, 0.1) is 12.2 Å². The minimum Gasteiger partial charge on any atom is -0.354 e. The summed E-state index contributed by atoms with van der Waals surface area (Å²) < 4.78 is 6.23. The number of nitrogens with zero attached hydrogens (tertiary/aromatic N) is 1. The number of rotatable bonds is 4. The van der Waals surface area contributed by atoms with Gasteiger partial charge in [0.25, 0.3) is 5.91 Å². The van der Waals surface area contributed by atoms with Gasteiger partial charge in [0.2, 0.25) is 0 Å². The number of hydrogen-bond donors (Lipinski definition) is 1. The first-order valence-corrected chi connectivity index (χ1v) is 10.1. The van der Waals surface area contributed by atoms with Gasteiger partial charge in [-0.3, -0.25) is 4.79 Å². The number of hydrogen-bond acceptors (Lipinski definition) is 3. The van der Waals surface area contributed by atoms with E-state index in [9.17, 15) is 4.79 Å². The first kappa shape index (κ1) is 19.9. The quantitative estimate of drug-likeness (QED) is 0.640. The molecule has 1 amide bonds. The Bertz CT molecular complexity index is 1030. The Morgan fingerprint density at radius 3 is 2.38 bits per heavy atom. The van der Waals surface area contributed by atoms with Crippen LogP contribution < -0.4 is 10.6 Å². The van der Waals surface area contributed by atoms with Crippen molar-refractivity contribution in [2.75, 3.05) is 11.4 Å². The molecule has 4 rings (SSSR count). The van der Waals surface area contributed by atoms with Gasteiger partial charge in [-0.2, -0.15) is 0 Å². The lowest BCUT2D eigenvalue weighted by molar-refractivity contribution is -0.131. The zero-order valence-electron chi connectivity index (χ0n) is 15.6. The van der Waals surface area contributed by atoms with Gasteiger partial charge < -0.3 is 15.4 Å². The van der Waals surface area contributed by atoms with Crippen LogP contribution >= 0.6 is 23.2 Å². The summed E-state index contributed by atoms with van der Waals surface area (Å²) >= 11 is 12.8. The Hall–Kier alpha value is -2.37. The van der Waals surface area contributed by atoms with Crippen molar-refractivity contribution >= 4 is 34.8 Å². The molecule has 0 fully saturated rings. The number of nitrogens with two attached hydrogens (primary N) is 1. The highest BCUT2D eigenvalue weighted by atomic mass is 35.5.